The summed E-state index contributed by atoms with van der Waals surface area (Å²) < 4.78 is 0. The average Bonchev–Trinajstić information content (AvgIpc) is 3.25. The Bertz CT molecular complexity index is 974. The van der Waals surface area contributed by atoms with E-state index in [4.69, 9.17) is 0 Å². The van der Waals surface area contributed by atoms with Gasteiger partial charge in [0.25, 0.3) is 0 Å². The van der Waals surface area contributed by atoms with Crippen LogP contribution in [0.4, 0.5) is 0 Å². The largest absolute Gasteiger partial charge is 0.394 e. The lowest BCUT2D eigenvalue weighted by Crippen LogP contribution is -2.48. The molecule has 0 spiro atoms. The molecule has 0 aliphatic rings. The second-order valence-corrected chi connectivity index (χ2v) is 18.1. The van der Waals surface area contributed by atoms with E-state index in [2.05, 4.69) is 55.6 Å². The number of nitrogens with one attached hydrogen (secondary N) is 1. The second kappa shape index (κ2) is 50.0. The number of carbonyl (C=O) groups excluding carboxylic acids is 1. The summed E-state index contributed by atoms with van der Waals surface area (Å²) in [4.78, 5) is 12.5. The molecule has 0 aromatic heterocycles. The van der Waals surface area contributed by atoms with E-state index < -0.39 is 24.2 Å². The molecule has 5 heteroatoms. The monoisotopic (exact) mass is 842 g/mol. The van der Waals surface area contributed by atoms with Gasteiger partial charge in [0.15, 0.2) is 0 Å². The van der Waals surface area contributed by atoms with Crippen molar-refractivity contribution in [1.29, 1.82) is 0 Å². The van der Waals surface area contributed by atoms with Gasteiger partial charge < -0.3 is 20.6 Å². The molecule has 3 atom stereocenters. The average molecular weight is 842 g/mol. The third kappa shape index (κ3) is 44.4. The molecule has 3 unspecified atom stereocenters. The second-order valence-electron chi connectivity index (χ2n) is 18.1. The minimum atomic E-state index is -1.12. The van der Waals surface area contributed by atoms with Gasteiger partial charge in [-0.25, -0.2) is 0 Å². The molecule has 0 saturated carbocycles. The van der Waals surface area contributed by atoms with Crippen LogP contribution in [0.1, 0.15) is 271 Å². The minimum absolute atomic E-state index is 0.384. The first kappa shape index (κ1) is 58.3. The first-order valence-corrected chi connectivity index (χ1v) is 26.5. The molecule has 1 amide bonds. The summed E-state index contributed by atoms with van der Waals surface area (Å²) in [6.07, 6.45) is 66.0. The van der Waals surface area contributed by atoms with Gasteiger partial charge in [0.2, 0.25) is 5.91 Å². The predicted octanol–water partition coefficient (Wildman–Crippen LogP) is 16.1. The van der Waals surface area contributed by atoms with Gasteiger partial charge in [-0.15, -0.1) is 0 Å². The van der Waals surface area contributed by atoms with Crippen molar-refractivity contribution in [1.82, 2.24) is 5.32 Å². The number of hydrogen-bond acceptors (Lipinski definition) is 4. The van der Waals surface area contributed by atoms with Crippen LogP contribution in [0.3, 0.4) is 0 Å². The van der Waals surface area contributed by atoms with Crippen LogP contribution in [0.2, 0.25) is 0 Å². The Balaban J connectivity index is 3.68. The maximum absolute atomic E-state index is 12.5. The smallest absolute Gasteiger partial charge is 0.249 e. The van der Waals surface area contributed by atoms with Crippen molar-refractivity contribution >= 4 is 5.91 Å². The number of amides is 1. The third-order valence-corrected chi connectivity index (χ3v) is 12.1. The summed E-state index contributed by atoms with van der Waals surface area (Å²) in [7, 11) is 0. The maximum atomic E-state index is 12.5. The number of allylic oxidation sites excluding steroid dienone is 7. The Morgan fingerprint density at radius 2 is 0.683 bits per heavy atom. The highest BCUT2D eigenvalue weighted by Crippen LogP contribution is 2.16. The van der Waals surface area contributed by atoms with Crippen molar-refractivity contribution in [3.8, 4) is 0 Å². The van der Waals surface area contributed by atoms with Gasteiger partial charge >= 0.3 is 0 Å². The number of unbranched alkanes of at least 4 members (excludes halogenated alkanes) is 34. The molecule has 0 aromatic carbocycles. The molecule has 0 bridgehead atoms. The molecule has 0 fully saturated rings. The van der Waals surface area contributed by atoms with Crippen LogP contribution in [-0.4, -0.2) is 46.1 Å². The first-order valence-electron chi connectivity index (χ1n) is 26.5. The zero-order valence-electron chi connectivity index (χ0n) is 40.1. The van der Waals surface area contributed by atoms with Crippen molar-refractivity contribution in [2.24, 2.45) is 0 Å². The molecule has 4 N–H and O–H groups in total. The molecule has 0 heterocycles. The topological polar surface area (TPSA) is 89.8 Å². The van der Waals surface area contributed by atoms with Gasteiger partial charge in [-0.1, -0.05) is 249 Å². The van der Waals surface area contributed by atoms with Gasteiger partial charge in [-0.3, -0.25) is 4.79 Å². The van der Waals surface area contributed by atoms with Crippen molar-refractivity contribution in [2.45, 2.75) is 289 Å². The SMILES string of the molecule is CCCCCCCCCCCCCC/C=C\CCCCCCCCC(O)C(=O)NC(CO)C(O)/C=C/CC/C=C/CC/C=C/CCCCCCCCCCCCCCCC. The number of rotatable bonds is 48. The van der Waals surface area contributed by atoms with E-state index in [1.165, 1.54) is 205 Å². The normalized spacial score (nSPS) is 13.8. The van der Waals surface area contributed by atoms with Crippen LogP contribution in [-0.2, 0) is 4.79 Å². The van der Waals surface area contributed by atoms with Gasteiger partial charge in [0, 0.05) is 0 Å². The van der Waals surface area contributed by atoms with Crippen molar-refractivity contribution in [3.63, 3.8) is 0 Å². The van der Waals surface area contributed by atoms with Gasteiger partial charge in [0.1, 0.15) is 6.10 Å². The van der Waals surface area contributed by atoms with E-state index in [1.54, 1.807) is 6.08 Å². The third-order valence-electron chi connectivity index (χ3n) is 12.1. The molecule has 0 aliphatic heterocycles. The Morgan fingerprint density at radius 1 is 0.400 bits per heavy atom. The van der Waals surface area contributed by atoms with Gasteiger partial charge in [0.05, 0.1) is 18.8 Å². The number of aliphatic hydroxyl groups is 3. The maximum Gasteiger partial charge on any atom is 0.249 e. The number of aliphatic hydroxyl groups excluding tert-OH is 3. The Morgan fingerprint density at radius 3 is 1.02 bits per heavy atom. The quantitative estimate of drug-likeness (QED) is 0.0363. The number of hydrogen-bond donors (Lipinski definition) is 4. The Labute approximate surface area is 374 Å². The molecule has 60 heavy (non-hydrogen) atoms. The van der Waals surface area contributed by atoms with Crippen molar-refractivity contribution < 1.29 is 20.1 Å². The van der Waals surface area contributed by atoms with Crippen LogP contribution >= 0.6 is 0 Å². The molecule has 352 valence electrons. The lowest BCUT2D eigenvalue weighted by Gasteiger charge is -2.21. The van der Waals surface area contributed by atoms with Crippen molar-refractivity contribution in [3.05, 3.63) is 48.6 Å². The highest BCUT2D eigenvalue weighted by atomic mass is 16.3. The van der Waals surface area contributed by atoms with Crippen LogP contribution in [0.15, 0.2) is 48.6 Å². The van der Waals surface area contributed by atoms with Gasteiger partial charge in [-0.05, 0) is 70.6 Å². The van der Waals surface area contributed by atoms with E-state index >= 15 is 0 Å². The summed E-state index contributed by atoms with van der Waals surface area (Å²) in [6, 6.07) is -0.825. The Kier molecular flexibility index (Phi) is 48.6. The fraction of sp³-hybridized carbons (Fsp3) is 0.836. The molecular weight excluding hydrogens is 739 g/mol. The molecular formula is C55H103NO4. The fourth-order valence-corrected chi connectivity index (χ4v) is 7.98. The zero-order chi connectivity index (χ0) is 43.7. The van der Waals surface area contributed by atoms with E-state index in [1.807, 2.05) is 6.08 Å². The van der Waals surface area contributed by atoms with E-state index in [0.29, 0.717) is 6.42 Å². The summed E-state index contributed by atoms with van der Waals surface area (Å²) in [5.41, 5.74) is 0. The molecule has 0 saturated heterocycles. The molecule has 0 rings (SSSR count). The summed E-state index contributed by atoms with van der Waals surface area (Å²) in [6.45, 7) is 4.19. The van der Waals surface area contributed by atoms with E-state index in [9.17, 15) is 20.1 Å². The van der Waals surface area contributed by atoms with Crippen molar-refractivity contribution in [2.75, 3.05) is 6.61 Å². The zero-order valence-corrected chi connectivity index (χ0v) is 40.1. The highest BCUT2D eigenvalue weighted by Gasteiger charge is 2.22. The van der Waals surface area contributed by atoms with E-state index in [-0.39, 0.29) is 6.61 Å². The highest BCUT2D eigenvalue weighted by molar-refractivity contribution is 5.80. The summed E-state index contributed by atoms with van der Waals surface area (Å²) in [5, 5.41) is 33.3. The lowest BCUT2D eigenvalue weighted by atomic mass is 10.0. The standard InChI is InChI=1S/C55H103NO4/c1-3-5-7-9-11-13-15-17-19-21-23-25-27-28-30-31-33-35-37-39-41-43-45-47-49-53(58)52(51-57)56-55(60)54(59)50-48-46-44-42-40-38-36-34-32-29-26-24-22-20-18-16-14-12-10-8-6-4-2/h31-34,39,41,47,49,52-54,57-59H,3-30,35-38,40,42-46,48,50-51H2,1-2H3,(H,56,60)/b33-31+,34-32-,41-39+,49-47+. The van der Waals surface area contributed by atoms with Crippen LogP contribution < -0.4 is 5.32 Å². The Hall–Kier alpha value is -1.69. The molecule has 5 nitrogen and oxygen atoms in total. The van der Waals surface area contributed by atoms with Crippen LogP contribution in [0.25, 0.3) is 0 Å². The van der Waals surface area contributed by atoms with Crippen LogP contribution in [0, 0.1) is 0 Å². The summed E-state index contributed by atoms with van der Waals surface area (Å²) >= 11 is 0. The predicted molar refractivity (Wildman–Crippen MR) is 264 cm³/mol. The molecule has 0 aromatic rings. The summed E-state index contributed by atoms with van der Waals surface area (Å²) in [5.74, 6) is -0.520. The van der Waals surface area contributed by atoms with Crippen LogP contribution in [0.5, 0.6) is 0 Å². The molecule has 0 radical (unpaired) electrons. The fourth-order valence-electron chi connectivity index (χ4n) is 7.98. The molecule has 0 aliphatic carbocycles. The number of carbonyl (C=O) groups is 1. The van der Waals surface area contributed by atoms with Gasteiger partial charge in [-0.2, -0.15) is 0 Å². The lowest BCUT2D eigenvalue weighted by molar-refractivity contribution is -0.131. The van der Waals surface area contributed by atoms with E-state index in [0.717, 1.165) is 44.9 Å². The first-order chi connectivity index (χ1) is 29.6. The minimum Gasteiger partial charge on any atom is -0.394 e.